The molecule has 1 heterocycles. The summed E-state index contributed by atoms with van der Waals surface area (Å²) in [5.74, 6) is 0.301. The van der Waals surface area contributed by atoms with Crippen molar-refractivity contribution < 1.29 is 9.13 Å². The normalized spacial score (nSPS) is 11.1. The number of thiazole rings is 1. The van der Waals surface area contributed by atoms with Crippen LogP contribution in [0.2, 0.25) is 0 Å². The van der Waals surface area contributed by atoms with Crippen molar-refractivity contribution in [3.8, 4) is 5.75 Å². The third-order valence-electron chi connectivity index (χ3n) is 3.04. The average Bonchev–Trinajstić information content (AvgIpc) is 2.88. The van der Waals surface area contributed by atoms with Gasteiger partial charge in [0, 0.05) is 11.4 Å². The number of rotatable bonds is 7. The van der Waals surface area contributed by atoms with Crippen LogP contribution in [-0.4, -0.2) is 11.5 Å². The second-order valence-electron chi connectivity index (χ2n) is 5.07. The van der Waals surface area contributed by atoms with Crippen molar-refractivity contribution in [3.05, 3.63) is 45.7 Å². The number of aromatic nitrogens is 1. The second-order valence-corrected chi connectivity index (χ2v) is 6.24. The molecule has 0 unspecified atom stereocenters. The van der Waals surface area contributed by atoms with Gasteiger partial charge in [0.2, 0.25) is 0 Å². The lowest BCUT2D eigenvalue weighted by Gasteiger charge is -2.05. The first-order valence-corrected chi connectivity index (χ1v) is 8.00. The molecule has 0 aliphatic carbocycles. The van der Waals surface area contributed by atoms with Crippen LogP contribution in [0.15, 0.2) is 24.3 Å². The summed E-state index contributed by atoms with van der Waals surface area (Å²) in [7, 11) is 0. The van der Waals surface area contributed by atoms with E-state index in [9.17, 15) is 4.39 Å². The minimum atomic E-state index is -0.342. The molecule has 3 nitrogen and oxygen atoms in total. The third kappa shape index (κ3) is 4.25. The van der Waals surface area contributed by atoms with Crippen LogP contribution < -0.4 is 10.1 Å². The van der Waals surface area contributed by atoms with E-state index in [2.05, 4.69) is 31.1 Å². The standard InChI is InChI=1S/C16H21FN2OS/c1-4-18-9-14-16(11(2)3)19-15(21-14)10-20-13-8-6-5-7-12(13)17/h5-8,11,18H,4,9-10H2,1-3H3. The summed E-state index contributed by atoms with van der Waals surface area (Å²) in [5.41, 5.74) is 1.10. The molecule has 0 spiro atoms. The highest BCUT2D eigenvalue weighted by Gasteiger charge is 2.14. The molecule has 0 saturated heterocycles. The van der Waals surface area contributed by atoms with Gasteiger partial charge >= 0.3 is 0 Å². The molecule has 0 radical (unpaired) electrons. The highest BCUT2D eigenvalue weighted by Crippen LogP contribution is 2.26. The first-order chi connectivity index (χ1) is 10.1. The lowest BCUT2D eigenvalue weighted by atomic mass is 10.1. The van der Waals surface area contributed by atoms with Crippen molar-refractivity contribution in [1.29, 1.82) is 0 Å². The Kier molecular flexibility index (Phi) is 5.70. The molecule has 2 aromatic rings. The van der Waals surface area contributed by atoms with Gasteiger partial charge in [-0.3, -0.25) is 0 Å². The van der Waals surface area contributed by atoms with Crippen LogP contribution in [-0.2, 0) is 13.2 Å². The summed E-state index contributed by atoms with van der Waals surface area (Å²) >= 11 is 1.63. The molecule has 1 aromatic carbocycles. The number of nitrogens with one attached hydrogen (secondary N) is 1. The van der Waals surface area contributed by atoms with Gasteiger partial charge in [-0.15, -0.1) is 11.3 Å². The van der Waals surface area contributed by atoms with Crippen molar-refractivity contribution >= 4 is 11.3 Å². The van der Waals surface area contributed by atoms with Crippen LogP contribution in [0.25, 0.3) is 0 Å². The summed E-state index contributed by atoms with van der Waals surface area (Å²) in [6, 6.07) is 6.44. The lowest BCUT2D eigenvalue weighted by molar-refractivity contribution is 0.289. The first-order valence-electron chi connectivity index (χ1n) is 7.18. The van der Waals surface area contributed by atoms with Crippen LogP contribution in [0.4, 0.5) is 4.39 Å². The smallest absolute Gasteiger partial charge is 0.165 e. The fourth-order valence-corrected chi connectivity index (χ4v) is 3.10. The summed E-state index contributed by atoms with van der Waals surface area (Å²) < 4.78 is 19.0. The predicted molar refractivity (Wildman–Crippen MR) is 84.3 cm³/mol. The average molecular weight is 308 g/mol. The van der Waals surface area contributed by atoms with Crippen molar-refractivity contribution in [3.63, 3.8) is 0 Å². The molecule has 2 rings (SSSR count). The Morgan fingerprint density at radius 3 is 2.76 bits per heavy atom. The Morgan fingerprint density at radius 2 is 2.10 bits per heavy atom. The van der Waals surface area contributed by atoms with Crippen LogP contribution in [0, 0.1) is 5.82 Å². The van der Waals surface area contributed by atoms with Gasteiger partial charge in [-0.1, -0.05) is 32.9 Å². The molecule has 0 atom stereocenters. The first kappa shape index (κ1) is 15.9. The zero-order valence-electron chi connectivity index (χ0n) is 12.6. The quantitative estimate of drug-likeness (QED) is 0.836. The maximum absolute atomic E-state index is 13.5. The second kappa shape index (κ2) is 7.52. The van der Waals surface area contributed by atoms with Crippen LogP contribution in [0.3, 0.4) is 0 Å². The summed E-state index contributed by atoms with van der Waals surface area (Å²) in [6.45, 7) is 8.39. The van der Waals surface area contributed by atoms with Crippen molar-refractivity contribution in [1.82, 2.24) is 10.3 Å². The van der Waals surface area contributed by atoms with E-state index in [1.54, 1.807) is 29.5 Å². The largest absolute Gasteiger partial charge is 0.483 e. The van der Waals surface area contributed by atoms with Gasteiger partial charge in [-0.25, -0.2) is 9.37 Å². The van der Waals surface area contributed by atoms with E-state index in [1.807, 2.05) is 0 Å². The molecule has 114 valence electrons. The van der Waals surface area contributed by atoms with E-state index in [1.165, 1.54) is 10.9 Å². The Balaban J connectivity index is 2.08. The summed E-state index contributed by atoms with van der Waals surface area (Å²) in [6.07, 6.45) is 0. The molecular weight excluding hydrogens is 287 g/mol. The van der Waals surface area contributed by atoms with Crippen molar-refractivity contribution in [2.75, 3.05) is 6.54 Å². The zero-order valence-corrected chi connectivity index (χ0v) is 13.5. The number of benzene rings is 1. The Morgan fingerprint density at radius 1 is 1.33 bits per heavy atom. The van der Waals surface area contributed by atoms with Gasteiger partial charge in [-0.2, -0.15) is 0 Å². The molecule has 0 bridgehead atoms. The topological polar surface area (TPSA) is 34.1 Å². The monoisotopic (exact) mass is 308 g/mol. The van der Waals surface area contributed by atoms with Gasteiger partial charge in [0.15, 0.2) is 11.6 Å². The number of hydrogen-bond acceptors (Lipinski definition) is 4. The summed E-state index contributed by atoms with van der Waals surface area (Å²) in [4.78, 5) is 5.87. The molecular formula is C16H21FN2OS. The molecule has 1 N–H and O–H groups in total. The molecule has 21 heavy (non-hydrogen) atoms. The number of hydrogen-bond donors (Lipinski definition) is 1. The van der Waals surface area contributed by atoms with Crippen LogP contribution in [0.5, 0.6) is 5.75 Å². The number of nitrogens with zero attached hydrogens (tertiary/aromatic N) is 1. The highest BCUT2D eigenvalue weighted by molar-refractivity contribution is 7.11. The molecule has 0 aliphatic rings. The van der Waals surface area contributed by atoms with E-state index in [0.29, 0.717) is 12.5 Å². The summed E-state index contributed by atoms with van der Waals surface area (Å²) in [5, 5.41) is 4.21. The Bertz CT molecular complexity index is 583. The van der Waals surface area contributed by atoms with Crippen LogP contribution in [0.1, 0.15) is 42.3 Å². The van der Waals surface area contributed by atoms with Gasteiger partial charge in [0.05, 0.1) is 5.69 Å². The molecule has 1 aromatic heterocycles. The number of halogens is 1. The minimum absolute atomic E-state index is 0.270. The lowest BCUT2D eigenvalue weighted by Crippen LogP contribution is -2.12. The minimum Gasteiger partial charge on any atom is -0.483 e. The third-order valence-corrected chi connectivity index (χ3v) is 4.09. The highest BCUT2D eigenvalue weighted by atomic mass is 32.1. The zero-order chi connectivity index (χ0) is 15.2. The molecule has 0 amide bonds. The van der Waals surface area contributed by atoms with E-state index in [0.717, 1.165) is 23.8 Å². The van der Waals surface area contributed by atoms with Gasteiger partial charge in [-0.05, 0) is 24.6 Å². The van der Waals surface area contributed by atoms with Crippen molar-refractivity contribution in [2.45, 2.75) is 39.8 Å². The van der Waals surface area contributed by atoms with E-state index < -0.39 is 0 Å². The van der Waals surface area contributed by atoms with Gasteiger partial charge in [0.1, 0.15) is 11.6 Å². The maximum atomic E-state index is 13.5. The molecule has 5 heteroatoms. The molecule has 0 aliphatic heterocycles. The number of ether oxygens (including phenoxy) is 1. The van der Waals surface area contributed by atoms with Gasteiger partial charge < -0.3 is 10.1 Å². The van der Waals surface area contributed by atoms with E-state index >= 15 is 0 Å². The fraction of sp³-hybridized carbons (Fsp3) is 0.438. The predicted octanol–water partition coefficient (Wildman–Crippen LogP) is 4.09. The fourth-order valence-electron chi connectivity index (χ4n) is 1.99. The van der Waals surface area contributed by atoms with Gasteiger partial charge in [0.25, 0.3) is 0 Å². The molecule has 0 saturated carbocycles. The Labute approximate surface area is 129 Å². The van der Waals surface area contributed by atoms with E-state index in [4.69, 9.17) is 4.74 Å². The number of para-hydroxylation sites is 1. The molecule has 0 fully saturated rings. The van der Waals surface area contributed by atoms with Crippen molar-refractivity contribution in [2.24, 2.45) is 0 Å². The van der Waals surface area contributed by atoms with E-state index in [-0.39, 0.29) is 11.6 Å². The maximum Gasteiger partial charge on any atom is 0.165 e. The van der Waals surface area contributed by atoms with Crippen LogP contribution >= 0.6 is 11.3 Å². The Hall–Kier alpha value is -1.46. The SMILES string of the molecule is CCNCc1sc(COc2ccccc2F)nc1C(C)C.